The molecule has 0 atom stereocenters. The first-order valence-electron chi connectivity index (χ1n) is 2.70. The van der Waals surface area contributed by atoms with Gasteiger partial charge in [-0.2, -0.15) is 4.39 Å². The van der Waals surface area contributed by atoms with Gasteiger partial charge < -0.3 is 0 Å². The van der Waals surface area contributed by atoms with Gasteiger partial charge in [-0.05, 0) is 22.9 Å². The van der Waals surface area contributed by atoms with Crippen molar-refractivity contribution < 1.29 is 13.2 Å². The van der Waals surface area contributed by atoms with Gasteiger partial charge in [-0.3, -0.25) is 0 Å². The molecule has 0 unspecified atom stereocenters. The van der Waals surface area contributed by atoms with E-state index in [1.54, 1.807) is 0 Å². The van der Waals surface area contributed by atoms with Gasteiger partial charge in [0.1, 0.15) is 0 Å². The highest BCUT2D eigenvalue weighted by molar-refractivity contribution is 9.10. The van der Waals surface area contributed by atoms with Crippen molar-refractivity contribution in [2.24, 2.45) is 0 Å². The van der Waals surface area contributed by atoms with Gasteiger partial charge in [0.2, 0.25) is 0 Å². The number of pyridine rings is 1. The molecule has 0 saturated carbocycles. The van der Waals surface area contributed by atoms with Crippen LogP contribution in [0.3, 0.4) is 0 Å². The van der Waals surface area contributed by atoms with Gasteiger partial charge in [0, 0.05) is 0 Å². The average molecular weight is 226 g/mol. The molecule has 0 radical (unpaired) electrons. The van der Waals surface area contributed by atoms with Gasteiger partial charge in [0.15, 0.2) is 11.6 Å². The van der Waals surface area contributed by atoms with Crippen LogP contribution in [0.5, 0.6) is 0 Å². The van der Waals surface area contributed by atoms with E-state index in [-0.39, 0.29) is 5.69 Å². The standard InChI is InChI=1S/C6H3BrF3N/c1-2-4(8)3(7)5(9)6(10)11-2/h1H3. The Hall–Kier alpha value is -0.580. The maximum absolute atomic E-state index is 12.7. The molecule has 1 nitrogen and oxygen atoms in total. The maximum Gasteiger partial charge on any atom is 0.250 e. The normalized spacial score (nSPS) is 10.3. The van der Waals surface area contributed by atoms with E-state index >= 15 is 0 Å². The summed E-state index contributed by atoms with van der Waals surface area (Å²) < 4.78 is 36.9. The summed E-state index contributed by atoms with van der Waals surface area (Å²) in [5, 5.41) is 0. The van der Waals surface area contributed by atoms with Crippen molar-refractivity contribution in [3.63, 3.8) is 0 Å². The second kappa shape index (κ2) is 2.81. The van der Waals surface area contributed by atoms with Crippen LogP contribution in [-0.4, -0.2) is 4.98 Å². The van der Waals surface area contributed by atoms with Gasteiger partial charge in [-0.15, -0.1) is 0 Å². The van der Waals surface area contributed by atoms with Gasteiger partial charge in [-0.25, -0.2) is 13.8 Å². The Labute approximate surface area is 69.4 Å². The molecule has 0 bridgehead atoms. The number of nitrogens with zero attached hydrogens (tertiary/aromatic N) is 1. The molecular weight excluding hydrogens is 223 g/mol. The number of rotatable bonds is 0. The van der Waals surface area contributed by atoms with E-state index in [4.69, 9.17) is 0 Å². The van der Waals surface area contributed by atoms with Gasteiger partial charge in [-0.1, -0.05) is 0 Å². The number of aryl methyl sites for hydroxylation is 1. The predicted octanol–water partition coefficient (Wildman–Crippen LogP) is 2.57. The molecule has 1 heterocycles. The van der Waals surface area contributed by atoms with Crippen LogP contribution in [-0.2, 0) is 0 Å². The molecule has 0 fully saturated rings. The Balaban J connectivity index is 3.46. The van der Waals surface area contributed by atoms with E-state index in [0.29, 0.717) is 0 Å². The summed E-state index contributed by atoms with van der Waals surface area (Å²) in [4.78, 5) is 2.99. The Bertz CT molecular complexity index is 274. The molecule has 0 aromatic carbocycles. The maximum atomic E-state index is 12.7. The molecule has 1 rings (SSSR count). The van der Waals surface area contributed by atoms with Crippen LogP contribution >= 0.6 is 15.9 Å². The van der Waals surface area contributed by atoms with Crippen LogP contribution < -0.4 is 0 Å². The number of hydrogen-bond donors (Lipinski definition) is 0. The lowest BCUT2D eigenvalue weighted by Crippen LogP contribution is -1.98. The lowest BCUT2D eigenvalue weighted by Gasteiger charge is -1.99. The molecule has 0 aliphatic heterocycles. The molecule has 1 aromatic rings. The summed E-state index contributed by atoms with van der Waals surface area (Å²) in [7, 11) is 0. The molecule has 0 amide bonds. The van der Waals surface area contributed by atoms with Crippen LogP contribution in [0.1, 0.15) is 5.69 Å². The summed E-state index contributed by atoms with van der Waals surface area (Å²) in [5.41, 5.74) is -0.171. The van der Waals surface area contributed by atoms with E-state index in [1.165, 1.54) is 6.92 Å². The third-order valence-corrected chi connectivity index (χ3v) is 1.85. The Morgan fingerprint density at radius 1 is 1.18 bits per heavy atom. The molecule has 0 saturated heterocycles. The summed E-state index contributed by atoms with van der Waals surface area (Å²) in [5.74, 6) is -3.47. The number of aromatic nitrogens is 1. The monoisotopic (exact) mass is 225 g/mol. The van der Waals surface area contributed by atoms with Crippen molar-refractivity contribution in [1.29, 1.82) is 0 Å². The van der Waals surface area contributed by atoms with Crippen LogP contribution in [0.25, 0.3) is 0 Å². The average Bonchev–Trinajstić information content (AvgIpc) is 1.97. The minimum Gasteiger partial charge on any atom is -0.219 e. The third kappa shape index (κ3) is 1.38. The molecule has 5 heteroatoms. The van der Waals surface area contributed by atoms with E-state index in [0.717, 1.165) is 0 Å². The highest BCUT2D eigenvalue weighted by Gasteiger charge is 2.15. The van der Waals surface area contributed by atoms with Crippen molar-refractivity contribution in [2.75, 3.05) is 0 Å². The fraction of sp³-hybridized carbons (Fsp3) is 0.167. The highest BCUT2D eigenvalue weighted by atomic mass is 79.9. The van der Waals surface area contributed by atoms with Crippen molar-refractivity contribution in [1.82, 2.24) is 4.98 Å². The van der Waals surface area contributed by atoms with Gasteiger partial charge >= 0.3 is 0 Å². The molecule has 60 valence electrons. The van der Waals surface area contributed by atoms with Gasteiger partial charge in [0.25, 0.3) is 5.95 Å². The topological polar surface area (TPSA) is 12.9 Å². The van der Waals surface area contributed by atoms with Crippen LogP contribution in [0.15, 0.2) is 4.47 Å². The SMILES string of the molecule is Cc1nc(F)c(F)c(Br)c1F. The first-order valence-corrected chi connectivity index (χ1v) is 3.50. The lowest BCUT2D eigenvalue weighted by atomic mass is 10.3. The molecule has 0 aliphatic rings. The fourth-order valence-electron chi connectivity index (χ4n) is 0.591. The van der Waals surface area contributed by atoms with Crippen molar-refractivity contribution in [3.8, 4) is 0 Å². The van der Waals surface area contributed by atoms with Crippen LogP contribution in [0, 0.1) is 24.5 Å². The second-order valence-corrected chi connectivity index (χ2v) is 2.72. The molecular formula is C6H3BrF3N. The van der Waals surface area contributed by atoms with Crippen molar-refractivity contribution in [3.05, 3.63) is 27.7 Å². The minimum absolute atomic E-state index is 0.171. The van der Waals surface area contributed by atoms with E-state index in [2.05, 4.69) is 20.9 Å². The van der Waals surface area contributed by atoms with Crippen molar-refractivity contribution >= 4 is 15.9 Å². The zero-order valence-electron chi connectivity index (χ0n) is 5.46. The summed E-state index contributed by atoms with van der Waals surface area (Å²) >= 11 is 2.55. The fourth-order valence-corrected chi connectivity index (χ4v) is 1.04. The third-order valence-electron chi connectivity index (χ3n) is 1.15. The number of hydrogen-bond acceptors (Lipinski definition) is 1. The zero-order chi connectivity index (χ0) is 8.59. The highest BCUT2D eigenvalue weighted by Crippen LogP contribution is 2.22. The molecule has 0 N–H and O–H groups in total. The molecule has 1 aromatic heterocycles. The quantitative estimate of drug-likeness (QED) is 0.619. The number of halogens is 4. The Morgan fingerprint density at radius 2 is 1.73 bits per heavy atom. The molecule has 0 aliphatic carbocycles. The summed E-state index contributed by atoms with van der Waals surface area (Å²) in [6.45, 7) is 1.25. The Kier molecular flexibility index (Phi) is 2.17. The molecule has 11 heavy (non-hydrogen) atoms. The van der Waals surface area contributed by atoms with Gasteiger partial charge in [0.05, 0.1) is 10.2 Å². The van der Waals surface area contributed by atoms with E-state index in [9.17, 15) is 13.2 Å². The first kappa shape index (κ1) is 8.52. The Morgan fingerprint density at radius 3 is 2.27 bits per heavy atom. The van der Waals surface area contributed by atoms with E-state index in [1.807, 2.05) is 0 Å². The molecule has 0 spiro atoms. The largest absolute Gasteiger partial charge is 0.250 e. The first-order chi connectivity index (χ1) is 5.04. The van der Waals surface area contributed by atoms with E-state index < -0.39 is 22.1 Å². The van der Waals surface area contributed by atoms with Crippen LogP contribution in [0.4, 0.5) is 13.2 Å². The smallest absolute Gasteiger partial charge is 0.219 e. The lowest BCUT2D eigenvalue weighted by molar-refractivity contribution is 0.453. The summed E-state index contributed by atoms with van der Waals surface area (Å²) in [6, 6.07) is 0. The minimum atomic E-state index is -1.30. The summed E-state index contributed by atoms with van der Waals surface area (Å²) in [6.07, 6.45) is 0. The predicted molar refractivity (Wildman–Crippen MR) is 36.5 cm³/mol. The zero-order valence-corrected chi connectivity index (χ0v) is 7.05. The second-order valence-electron chi connectivity index (χ2n) is 1.93. The van der Waals surface area contributed by atoms with Crippen LogP contribution in [0.2, 0.25) is 0 Å². The van der Waals surface area contributed by atoms with Crippen molar-refractivity contribution in [2.45, 2.75) is 6.92 Å².